The second kappa shape index (κ2) is 9.12. The average Bonchev–Trinajstić information content (AvgIpc) is 3.66. The molecule has 188 valence electrons. The molecule has 2 N–H and O–H groups in total. The van der Waals surface area contributed by atoms with Crippen molar-refractivity contribution >= 4 is 35.1 Å². The molecule has 12 heteroatoms. The summed E-state index contributed by atoms with van der Waals surface area (Å²) in [4.78, 5) is 57.4. The minimum Gasteiger partial charge on any atom is -0.370 e. The maximum atomic E-state index is 12.9. The number of imide groups is 1. The van der Waals surface area contributed by atoms with Crippen LogP contribution in [0.5, 0.6) is 0 Å². The van der Waals surface area contributed by atoms with E-state index in [4.69, 9.17) is 0 Å². The van der Waals surface area contributed by atoms with Gasteiger partial charge in [-0.3, -0.25) is 24.5 Å². The van der Waals surface area contributed by atoms with Crippen LogP contribution in [0.4, 0.5) is 11.5 Å². The van der Waals surface area contributed by atoms with Gasteiger partial charge in [0.05, 0.1) is 23.8 Å². The lowest BCUT2D eigenvalue weighted by molar-refractivity contribution is -0.136. The monoisotopic (exact) mass is 500 g/mol. The van der Waals surface area contributed by atoms with Crippen molar-refractivity contribution in [2.75, 3.05) is 23.3 Å². The van der Waals surface area contributed by atoms with Gasteiger partial charge in [-0.2, -0.15) is 0 Å². The lowest BCUT2D eigenvalue weighted by atomic mass is 10.0. The topological polar surface area (TPSA) is 142 Å². The van der Waals surface area contributed by atoms with Gasteiger partial charge in [0.1, 0.15) is 11.9 Å². The van der Waals surface area contributed by atoms with Gasteiger partial charge < -0.3 is 15.1 Å². The van der Waals surface area contributed by atoms with Gasteiger partial charge in [0.25, 0.3) is 11.8 Å². The van der Waals surface area contributed by atoms with Gasteiger partial charge >= 0.3 is 0 Å². The number of hydrogen-bond donors (Lipinski definition) is 2. The van der Waals surface area contributed by atoms with Crippen LogP contribution in [0, 0.1) is 0 Å². The Labute approximate surface area is 211 Å². The summed E-state index contributed by atoms with van der Waals surface area (Å²) < 4.78 is 1.46. The summed E-state index contributed by atoms with van der Waals surface area (Å²) in [5, 5.41) is 13.1. The van der Waals surface area contributed by atoms with Gasteiger partial charge in [0.15, 0.2) is 5.69 Å². The van der Waals surface area contributed by atoms with Crippen molar-refractivity contribution in [1.29, 1.82) is 0 Å². The van der Waals surface area contributed by atoms with E-state index in [2.05, 4.69) is 30.8 Å². The maximum absolute atomic E-state index is 12.9. The number of hydrogen-bond acceptors (Lipinski definition) is 8. The van der Waals surface area contributed by atoms with Gasteiger partial charge in [-0.15, -0.1) is 5.10 Å². The van der Waals surface area contributed by atoms with E-state index in [1.807, 2.05) is 6.07 Å². The molecule has 4 amide bonds. The summed E-state index contributed by atoms with van der Waals surface area (Å²) in [6, 6.07) is 8.19. The minimum atomic E-state index is -0.680. The Hall–Kier alpha value is -4.61. The maximum Gasteiger partial charge on any atom is 0.279 e. The molecule has 5 heterocycles. The van der Waals surface area contributed by atoms with Crippen LogP contribution in [0.2, 0.25) is 0 Å². The van der Waals surface area contributed by atoms with Crippen molar-refractivity contribution in [2.45, 2.75) is 38.3 Å². The molecule has 12 nitrogen and oxygen atoms in total. The Balaban J connectivity index is 1.14. The third kappa shape index (κ3) is 4.30. The number of anilines is 2. The molecule has 0 spiro atoms. The van der Waals surface area contributed by atoms with E-state index in [1.54, 1.807) is 30.5 Å². The van der Waals surface area contributed by atoms with Crippen molar-refractivity contribution < 1.29 is 19.2 Å². The zero-order valence-electron chi connectivity index (χ0n) is 19.9. The number of nitrogens with zero attached hydrogens (tertiary/aromatic N) is 6. The fourth-order valence-corrected chi connectivity index (χ4v) is 5.00. The molecule has 1 unspecified atom stereocenters. The second-order valence-corrected chi connectivity index (χ2v) is 9.34. The first-order chi connectivity index (χ1) is 18.0. The van der Waals surface area contributed by atoms with Crippen LogP contribution in [0.15, 0.2) is 42.7 Å². The lowest BCUT2D eigenvalue weighted by Gasteiger charge is -2.29. The van der Waals surface area contributed by atoms with Gasteiger partial charge in [-0.1, -0.05) is 5.21 Å². The van der Waals surface area contributed by atoms with Crippen molar-refractivity contribution in [2.24, 2.45) is 0 Å². The molecule has 2 aromatic heterocycles. The molecular weight excluding hydrogens is 476 g/mol. The number of nitrogens with one attached hydrogen (secondary N) is 2. The quantitative estimate of drug-likeness (QED) is 0.499. The summed E-state index contributed by atoms with van der Waals surface area (Å²) in [7, 11) is 0. The Morgan fingerprint density at radius 3 is 2.62 bits per heavy atom. The molecule has 37 heavy (non-hydrogen) atoms. The van der Waals surface area contributed by atoms with E-state index in [-0.39, 0.29) is 30.5 Å². The number of pyridine rings is 1. The summed E-state index contributed by atoms with van der Waals surface area (Å²) >= 11 is 0. The summed E-state index contributed by atoms with van der Waals surface area (Å²) in [5.41, 5.74) is 3.00. The number of piperidine rings is 1. The molecule has 3 aliphatic heterocycles. The minimum absolute atomic E-state index is 0.118. The van der Waals surface area contributed by atoms with Crippen LogP contribution in [0.25, 0.3) is 5.69 Å². The second-order valence-electron chi connectivity index (χ2n) is 9.34. The van der Waals surface area contributed by atoms with Crippen molar-refractivity contribution in [3.8, 4) is 5.69 Å². The van der Waals surface area contributed by atoms with E-state index in [0.717, 1.165) is 24.3 Å². The molecule has 0 saturated carbocycles. The molecular formula is C25H24N8O4. The number of amides is 4. The molecule has 6 rings (SSSR count). The molecule has 2 fully saturated rings. The Morgan fingerprint density at radius 1 is 1.05 bits per heavy atom. The number of carbonyl (C=O) groups is 4. The first kappa shape index (κ1) is 22.8. The first-order valence-corrected chi connectivity index (χ1v) is 12.2. The first-order valence-electron chi connectivity index (χ1n) is 12.2. The predicted molar refractivity (Wildman–Crippen MR) is 131 cm³/mol. The highest BCUT2D eigenvalue weighted by Gasteiger charge is 2.39. The molecule has 2 saturated heterocycles. The van der Waals surface area contributed by atoms with Gasteiger partial charge in [0.2, 0.25) is 11.8 Å². The highest BCUT2D eigenvalue weighted by Crippen LogP contribution is 2.29. The summed E-state index contributed by atoms with van der Waals surface area (Å²) in [5.74, 6) is -1.04. The number of carbonyl (C=O) groups excluding carboxylic acids is 4. The summed E-state index contributed by atoms with van der Waals surface area (Å²) in [6.45, 7) is 2.28. The molecule has 3 aromatic rings. The number of rotatable bonds is 5. The van der Waals surface area contributed by atoms with Crippen molar-refractivity contribution in [3.05, 3.63) is 59.5 Å². The number of aromatic nitrogens is 4. The number of fused-ring (bicyclic) bond motifs is 1. The zero-order chi connectivity index (χ0) is 25.5. The smallest absolute Gasteiger partial charge is 0.279 e. The van der Waals surface area contributed by atoms with E-state index in [0.29, 0.717) is 23.5 Å². The van der Waals surface area contributed by atoms with Crippen LogP contribution in [0.1, 0.15) is 52.1 Å². The largest absolute Gasteiger partial charge is 0.370 e. The van der Waals surface area contributed by atoms with Gasteiger partial charge in [-0.05, 0) is 55.2 Å². The van der Waals surface area contributed by atoms with Crippen LogP contribution < -0.4 is 15.5 Å². The van der Waals surface area contributed by atoms with Crippen LogP contribution >= 0.6 is 0 Å². The molecule has 1 atom stereocenters. The third-order valence-electron chi connectivity index (χ3n) is 6.96. The molecule has 1 aromatic carbocycles. The SMILES string of the molecule is O=C1CCC(N2Cc3cc(-n4cc(C(=O)Nc5ccc(N6CCCC6)cn5)nn4)ccc3C2=O)C(=O)N1. The third-order valence-corrected chi connectivity index (χ3v) is 6.96. The van der Waals surface area contributed by atoms with Gasteiger partial charge in [-0.25, -0.2) is 9.67 Å². The van der Waals surface area contributed by atoms with Crippen molar-refractivity contribution in [1.82, 2.24) is 30.2 Å². The van der Waals surface area contributed by atoms with Crippen LogP contribution in [-0.2, 0) is 16.1 Å². The highest BCUT2D eigenvalue weighted by atomic mass is 16.2. The number of benzene rings is 1. The normalized spacial score (nSPS) is 19.2. The Morgan fingerprint density at radius 2 is 1.86 bits per heavy atom. The Bertz CT molecular complexity index is 1410. The van der Waals surface area contributed by atoms with Gasteiger partial charge in [0, 0.05) is 31.6 Å². The van der Waals surface area contributed by atoms with E-state index >= 15 is 0 Å². The molecule has 3 aliphatic rings. The highest BCUT2D eigenvalue weighted by molar-refractivity contribution is 6.05. The fraction of sp³-hybridized carbons (Fsp3) is 0.320. The zero-order valence-corrected chi connectivity index (χ0v) is 19.9. The molecule has 0 radical (unpaired) electrons. The standard InChI is InChI=1S/C25H24N8O4/c34-22-8-6-20(24(36)28-22)32-13-15-11-16(3-5-18(15)25(32)37)33-14-19(29-30-33)23(35)27-21-7-4-17(12-26-21)31-9-1-2-10-31/h3-5,7,11-12,14,20H,1-2,6,8-10,13H2,(H,26,27,35)(H,28,34,36). The Kier molecular flexibility index (Phi) is 5.63. The van der Waals surface area contributed by atoms with E-state index in [1.165, 1.54) is 28.6 Å². The summed E-state index contributed by atoms with van der Waals surface area (Å²) in [6.07, 6.45) is 6.10. The fourth-order valence-electron chi connectivity index (χ4n) is 5.00. The average molecular weight is 501 g/mol. The molecule has 0 bridgehead atoms. The van der Waals surface area contributed by atoms with E-state index in [9.17, 15) is 19.2 Å². The van der Waals surface area contributed by atoms with Crippen molar-refractivity contribution in [3.63, 3.8) is 0 Å². The lowest BCUT2D eigenvalue weighted by Crippen LogP contribution is -2.52. The van der Waals surface area contributed by atoms with Crippen LogP contribution in [0.3, 0.4) is 0 Å². The van der Waals surface area contributed by atoms with Crippen LogP contribution in [-0.4, -0.2) is 67.6 Å². The predicted octanol–water partition coefficient (Wildman–Crippen LogP) is 1.28. The molecule has 0 aliphatic carbocycles. The van der Waals surface area contributed by atoms with E-state index < -0.39 is 17.9 Å².